The summed E-state index contributed by atoms with van der Waals surface area (Å²) in [5.74, 6) is -0.932. The van der Waals surface area contributed by atoms with Gasteiger partial charge in [-0.1, -0.05) is 18.2 Å². The van der Waals surface area contributed by atoms with E-state index in [0.717, 1.165) is 0 Å². The van der Waals surface area contributed by atoms with E-state index >= 15 is 0 Å². The zero-order valence-corrected chi connectivity index (χ0v) is 21.8. The summed E-state index contributed by atoms with van der Waals surface area (Å²) in [5, 5.41) is 26.4. The maximum absolute atomic E-state index is 13.8. The van der Waals surface area contributed by atoms with Crippen molar-refractivity contribution in [3.8, 4) is 5.75 Å². The molecule has 2 saturated heterocycles. The molecule has 3 aliphatic heterocycles. The summed E-state index contributed by atoms with van der Waals surface area (Å²) in [4.78, 5) is 25.2. The highest BCUT2D eigenvalue weighted by Crippen LogP contribution is 2.52. The van der Waals surface area contributed by atoms with Crippen molar-refractivity contribution in [1.82, 2.24) is 15.3 Å². The number of carbonyl (C=O) groups is 2. The minimum absolute atomic E-state index is 0.114. The number of nitrogens with zero attached hydrogens (tertiary/aromatic N) is 1. The minimum Gasteiger partial charge on any atom is -0.462 e. The van der Waals surface area contributed by atoms with Crippen LogP contribution in [0.25, 0.3) is 0 Å². The lowest BCUT2D eigenvalue weighted by molar-refractivity contribution is -0.245. The van der Waals surface area contributed by atoms with E-state index in [9.17, 15) is 24.4 Å². The second-order valence-electron chi connectivity index (χ2n) is 9.57. The molecule has 1 amide bonds. The minimum atomic E-state index is -4.24. The summed E-state index contributed by atoms with van der Waals surface area (Å²) < 4.78 is 42.4. The van der Waals surface area contributed by atoms with Gasteiger partial charge >= 0.3 is 13.7 Å². The molecule has 2 bridgehead atoms. The molecular weight excluding hydrogens is 509 g/mol. The molecule has 13 nitrogen and oxygen atoms in total. The molecule has 0 spiro atoms. The Morgan fingerprint density at radius 2 is 2.00 bits per heavy atom. The standard InChI is InChI=1S/C23H32N3O10P/c1-14(2)34-18(28)15(3)25-37(31,36-16-8-6-5-7-9-16)33-13-23-12-32-22(4,19(23)29)20(35-23)26-11-10-17(27)24-21(26)30/h5-11,14-15,19-21,29-30H,12-13H2,1-4H3,(H,24,27)(H,25,31)/t15?,19-,20+,21?,22+,23+,37?/m0/s1. The van der Waals surface area contributed by atoms with Crippen molar-refractivity contribution in [2.24, 2.45) is 0 Å². The first-order valence-corrected chi connectivity index (χ1v) is 13.3. The Labute approximate surface area is 214 Å². The lowest BCUT2D eigenvalue weighted by Gasteiger charge is -2.42. The molecule has 1 aromatic carbocycles. The highest BCUT2D eigenvalue weighted by molar-refractivity contribution is 7.52. The Kier molecular flexibility index (Phi) is 7.69. The van der Waals surface area contributed by atoms with Gasteiger partial charge in [-0.25, -0.2) is 4.57 Å². The maximum Gasteiger partial charge on any atom is 0.459 e. The highest BCUT2D eigenvalue weighted by Gasteiger charge is 2.70. The molecule has 0 aromatic heterocycles. The van der Waals surface area contributed by atoms with E-state index in [-0.39, 0.29) is 18.5 Å². The number of hydrogen-bond acceptors (Lipinski definition) is 11. The molecule has 0 saturated carbocycles. The predicted molar refractivity (Wildman–Crippen MR) is 128 cm³/mol. The second kappa shape index (κ2) is 10.3. The van der Waals surface area contributed by atoms with Gasteiger partial charge in [0.25, 0.3) is 0 Å². The summed E-state index contributed by atoms with van der Waals surface area (Å²) in [5.41, 5.74) is -2.81. The first-order chi connectivity index (χ1) is 17.4. The number of ether oxygens (including phenoxy) is 3. The van der Waals surface area contributed by atoms with Crippen molar-refractivity contribution < 1.29 is 47.6 Å². The third kappa shape index (κ3) is 5.53. The zero-order chi connectivity index (χ0) is 27.0. The average Bonchev–Trinajstić information content (AvgIpc) is 3.20. The summed E-state index contributed by atoms with van der Waals surface area (Å²) in [6.45, 7) is 5.86. The molecule has 4 rings (SSSR count). The van der Waals surface area contributed by atoms with E-state index in [4.69, 9.17) is 23.3 Å². The SMILES string of the molecule is CC(C)OC(=O)C(C)NP(=O)(OC[C@]12CO[C@](C)([C@@H]1O)[C@H](N1C=CC(=O)NC1O)O2)Oc1ccccc1. The molecule has 3 aliphatic rings. The van der Waals surface area contributed by atoms with Gasteiger partial charge in [0.05, 0.1) is 19.3 Å². The Hall–Kier alpha value is -2.51. The topological polar surface area (TPSA) is 165 Å². The molecule has 7 atom stereocenters. The van der Waals surface area contributed by atoms with Crippen molar-refractivity contribution in [2.75, 3.05) is 13.2 Å². The third-order valence-corrected chi connectivity index (χ3v) is 7.86. The number of benzene rings is 1. The summed E-state index contributed by atoms with van der Waals surface area (Å²) in [6.07, 6.45) is -1.57. The Morgan fingerprint density at radius 1 is 1.30 bits per heavy atom. The van der Waals surface area contributed by atoms with Gasteiger partial charge in [-0.2, -0.15) is 5.09 Å². The molecule has 3 heterocycles. The van der Waals surface area contributed by atoms with E-state index in [1.54, 1.807) is 51.1 Å². The fraction of sp³-hybridized carbons (Fsp3) is 0.565. The molecule has 3 unspecified atom stereocenters. The normalized spacial score (nSPS) is 33.2. The summed E-state index contributed by atoms with van der Waals surface area (Å²) in [7, 11) is -4.24. The molecule has 0 radical (unpaired) electrons. The Morgan fingerprint density at radius 3 is 2.65 bits per heavy atom. The smallest absolute Gasteiger partial charge is 0.459 e. The fourth-order valence-electron chi connectivity index (χ4n) is 4.33. The first-order valence-electron chi connectivity index (χ1n) is 11.8. The van der Waals surface area contributed by atoms with Crippen LogP contribution in [0, 0.1) is 0 Å². The van der Waals surface area contributed by atoms with Crippen LogP contribution in [0.2, 0.25) is 0 Å². The van der Waals surface area contributed by atoms with Crippen LogP contribution >= 0.6 is 7.75 Å². The predicted octanol–water partition coefficient (Wildman–Crippen LogP) is 0.586. The summed E-state index contributed by atoms with van der Waals surface area (Å²) in [6, 6.07) is 7.18. The van der Waals surface area contributed by atoms with Gasteiger partial charge in [0.15, 0.2) is 6.23 Å². The molecule has 2 fully saturated rings. The van der Waals surface area contributed by atoms with E-state index in [1.807, 2.05) is 0 Å². The maximum atomic E-state index is 13.8. The van der Waals surface area contributed by atoms with Gasteiger partial charge in [0.1, 0.15) is 29.1 Å². The van der Waals surface area contributed by atoms with Gasteiger partial charge in [-0.3, -0.25) is 14.1 Å². The fourth-order valence-corrected chi connectivity index (χ4v) is 5.88. The van der Waals surface area contributed by atoms with Crippen molar-refractivity contribution in [2.45, 2.75) is 69.7 Å². The van der Waals surface area contributed by atoms with E-state index in [1.165, 1.54) is 24.1 Å². The van der Waals surface area contributed by atoms with Crippen molar-refractivity contribution in [3.63, 3.8) is 0 Å². The molecule has 1 aromatic rings. The van der Waals surface area contributed by atoms with Gasteiger partial charge < -0.3 is 39.2 Å². The largest absolute Gasteiger partial charge is 0.462 e. The van der Waals surface area contributed by atoms with Crippen molar-refractivity contribution in [3.05, 3.63) is 42.6 Å². The number of aliphatic hydroxyl groups excluding tert-OH is 2. The highest BCUT2D eigenvalue weighted by atomic mass is 31.2. The molecular formula is C23H32N3O10P. The molecule has 0 aliphatic carbocycles. The second-order valence-corrected chi connectivity index (χ2v) is 11.3. The van der Waals surface area contributed by atoms with Crippen LogP contribution in [0.1, 0.15) is 27.7 Å². The number of esters is 1. The number of fused-ring (bicyclic) bond motifs is 2. The lowest BCUT2D eigenvalue weighted by atomic mass is 9.91. The van der Waals surface area contributed by atoms with Crippen LogP contribution in [-0.2, 0) is 32.9 Å². The van der Waals surface area contributed by atoms with E-state index in [0.29, 0.717) is 0 Å². The molecule has 37 heavy (non-hydrogen) atoms. The van der Waals surface area contributed by atoms with Crippen LogP contribution in [-0.4, -0.2) is 82.2 Å². The van der Waals surface area contributed by atoms with Gasteiger partial charge in [0, 0.05) is 12.3 Å². The number of hydrogen-bond donors (Lipinski definition) is 4. The van der Waals surface area contributed by atoms with E-state index < -0.39 is 62.2 Å². The molecule has 204 valence electrons. The van der Waals surface area contributed by atoms with Gasteiger partial charge in [-0.15, -0.1) is 0 Å². The Balaban J connectivity index is 1.54. The van der Waals surface area contributed by atoms with Gasteiger partial charge in [-0.05, 0) is 39.8 Å². The zero-order valence-electron chi connectivity index (χ0n) is 20.9. The third-order valence-electron chi connectivity index (χ3n) is 6.23. The number of rotatable bonds is 10. The number of carbonyl (C=O) groups excluding carboxylic acids is 2. The molecule has 14 heteroatoms. The van der Waals surface area contributed by atoms with Crippen LogP contribution in [0.5, 0.6) is 5.75 Å². The van der Waals surface area contributed by atoms with Crippen molar-refractivity contribution >= 4 is 19.6 Å². The van der Waals surface area contributed by atoms with Crippen LogP contribution in [0.3, 0.4) is 0 Å². The lowest BCUT2D eigenvalue weighted by Crippen LogP contribution is -2.60. The Bertz CT molecular complexity index is 1090. The number of aliphatic hydroxyl groups is 2. The number of nitrogens with one attached hydrogen (secondary N) is 2. The van der Waals surface area contributed by atoms with Gasteiger partial charge in [0.2, 0.25) is 12.3 Å². The number of amides is 1. The average molecular weight is 541 g/mol. The monoisotopic (exact) mass is 541 g/mol. The molecule has 4 N–H and O–H groups in total. The summed E-state index contributed by atoms with van der Waals surface area (Å²) >= 11 is 0. The quantitative estimate of drug-likeness (QED) is 0.241. The van der Waals surface area contributed by atoms with E-state index in [2.05, 4.69) is 10.4 Å². The van der Waals surface area contributed by atoms with Crippen LogP contribution < -0.4 is 14.9 Å². The number of para-hydroxylation sites is 1. The first kappa shape index (κ1) is 27.5. The van der Waals surface area contributed by atoms with Crippen molar-refractivity contribution in [1.29, 1.82) is 0 Å². The van der Waals surface area contributed by atoms with Crippen LogP contribution in [0.4, 0.5) is 0 Å². The van der Waals surface area contributed by atoms with Crippen LogP contribution in [0.15, 0.2) is 42.6 Å².